The zero-order chi connectivity index (χ0) is 27.6. The van der Waals surface area contributed by atoms with E-state index in [9.17, 15) is 9.59 Å². The van der Waals surface area contributed by atoms with Crippen molar-refractivity contribution in [3.8, 4) is 11.5 Å². The van der Waals surface area contributed by atoms with E-state index in [2.05, 4.69) is 5.32 Å². The molecule has 0 radical (unpaired) electrons. The number of carbonyl (C=O) groups is 2. The van der Waals surface area contributed by atoms with Crippen molar-refractivity contribution < 1.29 is 23.8 Å². The third-order valence-electron chi connectivity index (χ3n) is 5.96. The van der Waals surface area contributed by atoms with Crippen molar-refractivity contribution >= 4 is 17.7 Å². The van der Waals surface area contributed by atoms with Crippen LogP contribution in [0, 0.1) is 5.41 Å². The maximum Gasteiger partial charge on any atom is 0.413 e. The molecule has 0 aromatic heterocycles. The van der Waals surface area contributed by atoms with Crippen LogP contribution in [-0.4, -0.2) is 24.8 Å². The van der Waals surface area contributed by atoms with Crippen LogP contribution in [-0.2, 0) is 24.5 Å². The predicted octanol–water partition coefficient (Wildman–Crippen LogP) is 5.22. The van der Waals surface area contributed by atoms with Crippen LogP contribution in [0.25, 0.3) is 0 Å². The number of hydrogen-bond acceptors (Lipinski definition) is 7. The number of alkyl carbamates (subject to hydrolysis) is 1. The number of nitrogens with one attached hydrogen (secondary N) is 2. The van der Waals surface area contributed by atoms with Crippen LogP contribution in [0.15, 0.2) is 97.1 Å². The SMILES string of the molecule is COc1ccc(COC(=O)NC(=N)c2ccc(OCc3ccc(CN)cc3)c(C(=O)c3ccccc3)c2)cc1. The molecule has 8 heteroatoms. The number of hydrogen-bond donors (Lipinski definition) is 3. The fourth-order valence-corrected chi connectivity index (χ4v) is 3.75. The average molecular weight is 524 g/mol. The summed E-state index contributed by atoms with van der Waals surface area (Å²) in [5, 5.41) is 10.8. The first-order valence-corrected chi connectivity index (χ1v) is 12.3. The Morgan fingerprint density at radius 1 is 0.795 bits per heavy atom. The van der Waals surface area contributed by atoms with E-state index >= 15 is 0 Å². The van der Waals surface area contributed by atoms with E-state index in [-0.39, 0.29) is 30.4 Å². The Labute approximate surface area is 226 Å². The van der Waals surface area contributed by atoms with Gasteiger partial charge in [-0.1, -0.05) is 66.7 Å². The summed E-state index contributed by atoms with van der Waals surface area (Å²) in [5.41, 5.74) is 9.45. The Hall–Kier alpha value is -4.95. The van der Waals surface area contributed by atoms with Crippen molar-refractivity contribution in [1.82, 2.24) is 5.32 Å². The summed E-state index contributed by atoms with van der Waals surface area (Å²) >= 11 is 0. The van der Waals surface area contributed by atoms with Crippen LogP contribution in [0.2, 0.25) is 0 Å². The van der Waals surface area contributed by atoms with Gasteiger partial charge < -0.3 is 19.9 Å². The molecule has 4 rings (SSSR count). The molecule has 1 amide bonds. The molecule has 0 saturated carbocycles. The van der Waals surface area contributed by atoms with E-state index in [0.717, 1.165) is 16.7 Å². The molecule has 8 nitrogen and oxygen atoms in total. The Morgan fingerprint density at radius 3 is 2.10 bits per heavy atom. The van der Waals surface area contributed by atoms with Crippen molar-refractivity contribution in [2.45, 2.75) is 19.8 Å². The first-order chi connectivity index (χ1) is 19.0. The smallest absolute Gasteiger partial charge is 0.413 e. The average Bonchev–Trinajstić information content (AvgIpc) is 2.99. The highest BCUT2D eigenvalue weighted by Crippen LogP contribution is 2.25. The van der Waals surface area contributed by atoms with E-state index < -0.39 is 6.09 Å². The van der Waals surface area contributed by atoms with E-state index in [1.165, 1.54) is 6.07 Å². The molecule has 0 unspecified atom stereocenters. The standard InChI is InChI=1S/C31H29N3O5/c1-37-26-14-11-23(12-15-26)20-39-31(36)34-30(33)25-13-16-28(38-19-22-9-7-21(18-32)8-10-22)27(17-25)29(35)24-5-3-2-4-6-24/h2-17H,18-20,32H2,1H3,(H2,33,34,36). The van der Waals surface area contributed by atoms with Gasteiger partial charge >= 0.3 is 6.09 Å². The number of amides is 1. The van der Waals surface area contributed by atoms with E-state index in [4.69, 9.17) is 25.4 Å². The van der Waals surface area contributed by atoms with E-state index in [1.54, 1.807) is 67.8 Å². The lowest BCUT2D eigenvalue weighted by molar-refractivity contribution is 0.103. The van der Waals surface area contributed by atoms with Gasteiger partial charge in [0.1, 0.15) is 30.5 Å². The van der Waals surface area contributed by atoms with Crippen molar-refractivity contribution in [3.05, 3.63) is 130 Å². The molecule has 0 aliphatic carbocycles. The largest absolute Gasteiger partial charge is 0.497 e. The summed E-state index contributed by atoms with van der Waals surface area (Å²) in [5.74, 6) is 0.592. The fraction of sp³-hybridized carbons (Fsp3) is 0.129. The molecular weight excluding hydrogens is 494 g/mol. The van der Waals surface area contributed by atoms with Gasteiger partial charge in [-0.25, -0.2) is 4.79 Å². The summed E-state index contributed by atoms with van der Waals surface area (Å²) in [6.45, 7) is 0.722. The molecule has 0 spiro atoms. The molecule has 0 fully saturated rings. The van der Waals surface area contributed by atoms with Crippen molar-refractivity contribution in [2.75, 3.05) is 7.11 Å². The predicted molar refractivity (Wildman–Crippen MR) is 148 cm³/mol. The highest BCUT2D eigenvalue weighted by molar-refractivity contribution is 6.13. The van der Waals surface area contributed by atoms with Gasteiger partial charge in [0.2, 0.25) is 0 Å². The second kappa shape index (κ2) is 13.0. The van der Waals surface area contributed by atoms with Crippen LogP contribution in [0.4, 0.5) is 4.79 Å². The zero-order valence-corrected chi connectivity index (χ0v) is 21.5. The van der Waals surface area contributed by atoms with Crippen LogP contribution in [0.5, 0.6) is 11.5 Å². The van der Waals surface area contributed by atoms with Crippen LogP contribution in [0.1, 0.15) is 38.2 Å². The number of amidine groups is 1. The summed E-state index contributed by atoms with van der Waals surface area (Å²) in [6, 6.07) is 28.4. The van der Waals surface area contributed by atoms with Gasteiger partial charge in [0, 0.05) is 17.7 Å². The van der Waals surface area contributed by atoms with Crippen molar-refractivity contribution in [1.29, 1.82) is 5.41 Å². The third kappa shape index (κ3) is 7.30. The molecule has 4 aromatic carbocycles. The second-order valence-electron chi connectivity index (χ2n) is 8.64. The molecule has 0 aliphatic heterocycles. The van der Waals surface area contributed by atoms with Crippen LogP contribution < -0.4 is 20.5 Å². The Bertz CT molecular complexity index is 1440. The van der Waals surface area contributed by atoms with Gasteiger partial charge in [-0.3, -0.25) is 15.5 Å². The fourth-order valence-electron chi connectivity index (χ4n) is 3.75. The number of benzene rings is 4. The lowest BCUT2D eigenvalue weighted by Gasteiger charge is -2.14. The Morgan fingerprint density at radius 2 is 1.44 bits per heavy atom. The Balaban J connectivity index is 1.48. The van der Waals surface area contributed by atoms with Gasteiger partial charge in [0.05, 0.1) is 12.7 Å². The van der Waals surface area contributed by atoms with Gasteiger partial charge in [0.15, 0.2) is 5.78 Å². The molecule has 0 bridgehead atoms. The van der Waals surface area contributed by atoms with Gasteiger partial charge in [-0.05, 0) is 47.0 Å². The lowest BCUT2D eigenvalue weighted by atomic mass is 10.00. The topological polar surface area (TPSA) is 124 Å². The summed E-state index contributed by atoms with van der Waals surface area (Å²) in [7, 11) is 1.57. The van der Waals surface area contributed by atoms with Crippen LogP contribution >= 0.6 is 0 Å². The van der Waals surface area contributed by atoms with E-state index in [0.29, 0.717) is 29.2 Å². The maximum absolute atomic E-state index is 13.4. The molecule has 198 valence electrons. The third-order valence-corrected chi connectivity index (χ3v) is 5.96. The molecule has 0 heterocycles. The monoisotopic (exact) mass is 523 g/mol. The molecule has 0 aliphatic rings. The minimum atomic E-state index is -0.784. The second-order valence-corrected chi connectivity index (χ2v) is 8.64. The highest BCUT2D eigenvalue weighted by Gasteiger charge is 2.18. The van der Waals surface area contributed by atoms with Crippen molar-refractivity contribution in [2.24, 2.45) is 5.73 Å². The number of nitrogens with two attached hydrogens (primary N) is 1. The normalized spacial score (nSPS) is 10.4. The number of ketones is 1. The summed E-state index contributed by atoms with van der Waals surface area (Å²) < 4.78 is 16.4. The first kappa shape index (κ1) is 27.1. The first-order valence-electron chi connectivity index (χ1n) is 12.3. The minimum Gasteiger partial charge on any atom is -0.497 e. The quantitative estimate of drug-likeness (QED) is 0.149. The molecular formula is C31H29N3O5. The van der Waals surface area contributed by atoms with Gasteiger partial charge in [-0.2, -0.15) is 0 Å². The number of ether oxygens (including phenoxy) is 3. The van der Waals surface area contributed by atoms with Crippen molar-refractivity contribution in [3.63, 3.8) is 0 Å². The number of methoxy groups -OCH3 is 1. The van der Waals surface area contributed by atoms with E-state index in [1.807, 2.05) is 30.3 Å². The molecule has 0 atom stereocenters. The minimum absolute atomic E-state index is 0.0277. The Kier molecular flexibility index (Phi) is 9.05. The summed E-state index contributed by atoms with van der Waals surface area (Å²) in [4.78, 5) is 25.7. The van der Waals surface area contributed by atoms with Gasteiger partial charge in [0.25, 0.3) is 0 Å². The lowest BCUT2D eigenvalue weighted by Crippen LogP contribution is -2.31. The maximum atomic E-state index is 13.4. The summed E-state index contributed by atoms with van der Waals surface area (Å²) in [6.07, 6.45) is -0.784. The molecule has 0 saturated heterocycles. The molecule has 4 N–H and O–H groups in total. The van der Waals surface area contributed by atoms with Crippen LogP contribution in [0.3, 0.4) is 0 Å². The van der Waals surface area contributed by atoms with Gasteiger partial charge in [-0.15, -0.1) is 0 Å². The number of rotatable bonds is 10. The number of carbonyl (C=O) groups excluding carboxylic acids is 2. The molecule has 39 heavy (non-hydrogen) atoms. The highest BCUT2D eigenvalue weighted by atomic mass is 16.5. The molecule has 4 aromatic rings. The zero-order valence-electron chi connectivity index (χ0n) is 21.5.